The highest BCUT2D eigenvalue weighted by atomic mass is 19.2. The molecule has 1 N–H and O–H groups in total. The monoisotopic (exact) mass is 487 g/mol. The molecule has 1 aliphatic carbocycles. The Morgan fingerprint density at radius 1 is 1.06 bits per heavy atom. The number of fused-ring (bicyclic) bond motifs is 3. The Morgan fingerprint density at radius 2 is 1.86 bits per heavy atom. The molecule has 4 heterocycles. The molecule has 2 bridgehead atoms. The van der Waals surface area contributed by atoms with Crippen LogP contribution < -0.4 is 19.7 Å². The van der Waals surface area contributed by atoms with Gasteiger partial charge in [0.25, 0.3) is 0 Å². The summed E-state index contributed by atoms with van der Waals surface area (Å²) in [5.41, 5.74) is 0.996. The number of aryl methyl sites for hydroxylation is 1. The van der Waals surface area contributed by atoms with Crippen LogP contribution in [0.1, 0.15) is 31.2 Å². The van der Waals surface area contributed by atoms with Crippen molar-refractivity contribution in [3.63, 3.8) is 0 Å². The smallest absolute Gasteiger partial charge is 0.242 e. The molecule has 0 unspecified atom stereocenters. The van der Waals surface area contributed by atoms with Gasteiger partial charge in [0.15, 0.2) is 29.3 Å². The Labute approximate surface area is 199 Å². The second kappa shape index (κ2) is 8.58. The first-order chi connectivity index (χ1) is 17.0. The summed E-state index contributed by atoms with van der Waals surface area (Å²) in [6.07, 6.45) is 3.88. The third kappa shape index (κ3) is 3.90. The van der Waals surface area contributed by atoms with E-state index in [0.717, 1.165) is 43.8 Å². The fraction of sp³-hybridized carbons (Fsp3) is 0.478. The molecular weight excluding hydrogens is 463 g/mol. The Hall–Kier alpha value is -3.57. The number of aromatic nitrogens is 5. The maximum Gasteiger partial charge on any atom is 0.242 e. The van der Waals surface area contributed by atoms with Crippen molar-refractivity contribution in [1.82, 2.24) is 25.0 Å². The SMILES string of the molecule is COc1cc(N2C[C@H]3CC[C@@H](C2)[C@@H]3Nc2nc3n(n2)CC[C@@H]3Oc2ccc(F)c(F)c2F)cnn1. The van der Waals surface area contributed by atoms with Gasteiger partial charge < -0.3 is 19.7 Å². The van der Waals surface area contributed by atoms with Crippen LogP contribution in [-0.4, -0.2) is 51.2 Å². The van der Waals surface area contributed by atoms with Crippen molar-refractivity contribution in [3.05, 3.63) is 47.7 Å². The van der Waals surface area contributed by atoms with Crippen molar-refractivity contribution in [1.29, 1.82) is 0 Å². The zero-order valence-corrected chi connectivity index (χ0v) is 19.0. The van der Waals surface area contributed by atoms with Gasteiger partial charge in [-0.15, -0.1) is 10.2 Å². The Kier molecular flexibility index (Phi) is 5.37. The van der Waals surface area contributed by atoms with E-state index in [0.29, 0.717) is 42.5 Å². The number of piperidine rings is 1. The van der Waals surface area contributed by atoms with Crippen molar-refractivity contribution in [3.8, 4) is 11.6 Å². The number of nitrogens with zero attached hydrogens (tertiary/aromatic N) is 6. The van der Waals surface area contributed by atoms with Gasteiger partial charge in [-0.25, -0.2) is 13.5 Å². The topological polar surface area (TPSA) is 90.2 Å². The van der Waals surface area contributed by atoms with Crippen LogP contribution in [0.5, 0.6) is 11.6 Å². The zero-order valence-electron chi connectivity index (χ0n) is 19.0. The average molecular weight is 487 g/mol. The van der Waals surface area contributed by atoms with E-state index < -0.39 is 23.6 Å². The Bertz CT molecular complexity index is 1240. The van der Waals surface area contributed by atoms with Crippen LogP contribution in [0.25, 0.3) is 0 Å². The molecule has 0 spiro atoms. The van der Waals surface area contributed by atoms with Crippen LogP contribution in [0.4, 0.5) is 24.8 Å². The molecule has 2 aromatic heterocycles. The predicted molar refractivity (Wildman–Crippen MR) is 119 cm³/mol. The summed E-state index contributed by atoms with van der Waals surface area (Å²) >= 11 is 0. The lowest BCUT2D eigenvalue weighted by Crippen LogP contribution is -2.48. The van der Waals surface area contributed by atoms with Crippen molar-refractivity contribution < 1.29 is 22.6 Å². The molecule has 2 aliphatic heterocycles. The largest absolute Gasteiger partial charge is 0.480 e. The lowest BCUT2D eigenvalue weighted by atomic mass is 9.92. The predicted octanol–water partition coefficient (Wildman–Crippen LogP) is 3.34. The van der Waals surface area contributed by atoms with E-state index in [-0.39, 0.29) is 11.8 Å². The van der Waals surface area contributed by atoms with Crippen LogP contribution in [-0.2, 0) is 6.54 Å². The van der Waals surface area contributed by atoms with Crippen molar-refractivity contribution >= 4 is 11.6 Å². The van der Waals surface area contributed by atoms with E-state index in [2.05, 4.69) is 30.5 Å². The lowest BCUT2D eigenvalue weighted by Gasteiger charge is -2.39. The highest BCUT2D eigenvalue weighted by Crippen LogP contribution is 2.40. The van der Waals surface area contributed by atoms with E-state index in [1.807, 2.05) is 6.07 Å². The Morgan fingerprint density at radius 3 is 2.63 bits per heavy atom. The highest BCUT2D eigenvalue weighted by Gasteiger charge is 2.43. The Balaban J connectivity index is 1.15. The first-order valence-corrected chi connectivity index (χ1v) is 11.6. The molecule has 1 aromatic carbocycles. The molecule has 1 saturated carbocycles. The minimum atomic E-state index is -1.55. The minimum absolute atomic E-state index is 0.231. The number of halogens is 3. The summed E-state index contributed by atoms with van der Waals surface area (Å²) < 4.78 is 53.5. The van der Waals surface area contributed by atoms with Gasteiger partial charge in [0.2, 0.25) is 17.6 Å². The number of hydrogen-bond donors (Lipinski definition) is 1. The zero-order chi connectivity index (χ0) is 24.1. The maximum atomic E-state index is 14.1. The molecule has 0 amide bonds. The van der Waals surface area contributed by atoms with Gasteiger partial charge in [-0.3, -0.25) is 0 Å². The van der Waals surface area contributed by atoms with Crippen LogP contribution >= 0.6 is 0 Å². The van der Waals surface area contributed by atoms with E-state index in [9.17, 15) is 13.2 Å². The van der Waals surface area contributed by atoms with Crippen LogP contribution in [0, 0.1) is 29.3 Å². The number of nitrogens with one attached hydrogen (secondary N) is 1. The van der Waals surface area contributed by atoms with Gasteiger partial charge in [0.1, 0.15) is 0 Å². The summed E-state index contributed by atoms with van der Waals surface area (Å²) in [7, 11) is 1.58. The molecule has 184 valence electrons. The van der Waals surface area contributed by atoms with Gasteiger partial charge in [0.05, 0.1) is 19.0 Å². The van der Waals surface area contributed by atoms with E-state index in [1.54, 1.807) is 18.0 Å². The molecule has 6 rings (SSSR count). The van der Waals surface area contributed by atoms with Crippen molar-refractivity contribution in [2.45, 2.75) is 38.0 Å². The summed E-state index contributed by atoms with van der Waals surface area (Å²) in [6.45, 7) is 2.29. The molecule has 12 heteroatoms. The average Bonchev–Trinajstić information content (AvgIpc) is 3.50. The first kappa shape index (κ1) is 21.9. The molecule has 9 nitrogen and oxygen atoms in total. The molecule has 35 heavy (non-hydrogen) atoms. The standard InChI is InChI=1S/C23H24F3N7O2/c1-34-18-8-14(9-27-30-18)32-10-12-2-3-13(11-32)21(12)28-23-29-22-17(6-7-33(22)31-23)35-16-5-4-15(24)19(25)20(16)26/h4-5,8-9,12-13,17,21H,2-3,6-7,10-11H2,1H3,(H,28,31)/t12-,13+,17-,21-/m0/s1. The first-order valence-electron chi connectivity index (χ1n) is 11.6. The number of anilines is 2. The molecule has 1 saturated heterocycles. The molecule has 0 radical (unpaired) electrons. The van der Waals surface area contributed by atoms with Gasteiger partial charge in [-0.2, -0.15) is 14.5 Å². The number of methoxy groups -OCH3 is 1. The molecule has 3 aromatic rings. The second-order valence-electron chi connectivity index (χ2n) is 9.21. The maximum absolute atomic E-state index is 14.1. The van der Waals surface area contributed by atoms with Gasteiger partial charge in [-0.05, 0) is 36.8 Å². The summed E-state index contributed by atoms with van der Waals surface area (Å²) in [5, 5.41) is 16.1. The van der Waals surface area contributed by atoms with E-state index in [4.69, 9.17) is 9.47 Å². The molecule has 4 atom stereocenters. The summed E-state index contributed by atoms with van der Waals surface area (Å²) in [4.78, 5) is 6.92. The van der Waals surface area contributed by atoms with Gasteiger partial charge in [-0.1, -0.05) is 0 Å². The normalized spacial score (nSPS) is 25.0. The van der Waals surface area contributed by atoms with Gasteiger partial charge in [0, 0.05) is 38.2 Å². The van der Waals surface area contributed by atoms with E-state index in [1.165, 1.54) is 0 Å². The van der Waals surface area contributed by atoms with Crippen molar-refractivity contribution in [2.75, 3.05) is 30.4 Å². The minimum Gasteiger partial charge on any atom is -0.480 e. The number of rotatable bonds is 6. The third-order valence-electron chi connectivity index (χ3n) is 7.18. The molecule has 2 fully saturated rings. The van der Waals surface area contributed by atoms with Crippen LogP contribution in [0.2, 0.25) is 0 Å². The number of ether oxygens (including phenoxy) is 2. The van der Waals surface area contributed by atoms with E-state index >= 15 is 0 Å². The fourth-order valence-electron chi connectivity index (χ4n) is 5.48. The lowest BCUT2D eigenvalue weighted by molar-refractivity contribution is 0.191. The summed E-state index contributed by atoms with van der Waals surface area (Å²) in [5.74, 6) is -2.13. The number of benzene rings is 1. The highest BCUT2D eigenvalue weighted by molar-refractivity contribution is 5.48. The van der Waals surface area contributed by atoms with Crippen LogP contribution in [0.3, 0.4) is 0 Å². The molecule has 3 aliphatic rings. The van der Waals surface area contributed by atoms with Crippen molar-refractivity contribution in [2.24, 2.45) is 11.8 Å². The summed E-state index contributed by atoms with van der Waals surface area (Å²) in [6, 6.07) is 4.07. The van der Waals surface area contributed by atoms with Crippen LogP contribution in [0.15, 0.2) is 24.4 Å². The quantitative estimate of drug-likeness (QED) is 0.530. The number of hydrogen-bond acceptors (Lipinski definition) is 8. The molecular formula is C23H24F3N7O2. The third-order valence-corrected chi connectivity index (χ3v) is 7.18. The fourth-order valence-corrected chi connectivity index (χ4v) is 5.48. The van der Waals surface area contributed by atoms with Gasteiger partial charge >= 0.3 is 0 Å². The second-order valence-corrected chi connectivity index (χ2v) is 9.21.